The molecule has 0 atom stereocenters. The van der Waals surface area contributed by atoms with Gasteiger partial charge in [0.15, 0.2) is 5.82 Å². The van der Waals surface area contributed by atoms with Gasteiger partial charge >= 0.3 is 6.09 Å². The fraction of sp³-hybridized carbons (Fsp3) is 0.250. The van der Waals surface area contributed by atoms with E-state index in [-0.39, 0.29) is 47.5 Å². The highest BCUT2D eigenvalue weighted by Gasteiger charge is 2.23. The lowest BCUT2D eigenvalue weighted by atomic mass is 9.87. The summed E-state index contributed by atoms with van der Waals surface area (Å²) in [5.41, 5.74) is 1.40. The van der Waals surface area contributed by atoms with Crippen molar-refractivity contribution >= 4 is 33.5 Å². The van der Waals surface area contributed by atoms with Gasteiger partial charge in [0.2, 0.25) is 11.7 Å². The zero-order valence-corrected chi connectivity index (χ0v) is 26.6. The predicted molar refractivity (Wildman–Crippen MR) is 171 cm³/mol. The number of anilines is 2. The van der Waals surface area contributed by atoms with Gasteiger partial charge < -0.3 is 29.6 Å². The smallest absolute Gasteiger partial charge is 0.407 e. The van der Waals surface area contributed by atoms with Gasteiger partial charge in [-0.1, -0.05) is 57.2 Å². The van der Waals surface area contributed by atoms with E-state index in [1.54, 1.807) is 60.7 Å². The molecule has 4 aromatic rings. The van der Waals surface area contributed by atoms with Gasteiger partial charge in [-0.15, -0.1) is 0 Å². The molecule has 0 aliphatic rings. The lowest BCUT2D eigenvalue weighted by Gasteiger charge is -2.19. The maximum absolute atomic E-state index is 13.3. The van der Waals surface area contributed by atoms with Gasteiger partial charge in [0, 0.05) is 11.8 Å². The largest absolute Gasteiger partial charge is 0.497 e. The number of rotatable bonds is 13. The summed E-state index contributed by atoms with van der Waals surface area (Å²) >= 11 is 0. The van der Waals surface area contributed by atoms with Gasteiger partial charge in [-0.2, -0.15) is 4.98 Å². The van der Waals surface area contributed by atoms with Gasteiger partial charge in [0.1, 0.15) is 37.6 Å². The minimum Gasteiger partial charge on any atom is -0.497 e. The van der Waals surface area contributed by atoms with Crippen molar-refractivity contribution in [3.63, 3.8) is 0 Å². The first-order valence-corrected chi connectivity index (χ1v) is 15.6. The quantitative estimate of drug-likeness (QED) is 0.165. The average molecular weight is 650 g/mol. The zero-order chi connectivity index (χ0) is 33.2. The number of benzene rings is 3. The second-order valence-corrected chi connectivity index (χ2v) is 12.5. The molecule has 13 nitrogen and oxygen atoms in total. The van der Waals surface area contributed by atoms with Crippen molar-refractivity contribution in [2.45, 2.75) is 31.1 Å². The maximum atomic E-state index is 13.3. The fourth-order valence-corrected chi connectivity index (χ4v) is 4.94. The molecular formula is C32H35N5O8S. The van der Waals surface area contributed by atoms with Crippen LogP contribution in [0.15, 0.2) is 90.1 Å². The number of aromatic nitrogens is 2. The van der Waals surface area contributed by atoms with Gasteiger partial charge in [-0.3, -0.25) is 9.52 Å². The fourth-order valence-electron chi connectivity index (χ4n) is 3.93. The highest BCUT2D eigenvalue weighted by Crippen LogP contribution is 2.37. The van der Waals surface area contributed by atoms with Gasteiger partial charge in [-0.25, -0.2) is 18.2 Å². The summed E-state index contributed by atoms with van der Waals surface area (Å²) in [6, 6.07) is 21.9. The van der Waals surface area contributed by atoms with E-state index in [1.165, 1.54) is 19.2 Å². The normalized spacial score (nSPS) is 11.2. The lowest BCUT2D eigenvalue weighted by molar-refractivity contribution is -0.115. The molecule has 0 bridgehead atoms. The molecule has 2 amide bonds. The average Bonchev–Trinajstić information content (AvgIpc) is 3.03. The topological polar surface area (TPSA) is 167 Å². The predicted octanol–water partition coefficient (Wildman–Crippen LogP) is 5.12. The van der Waals surface area contributed by atoms with Gasteiger partial charge in [0.05, 0.1) is 12.0 Å². The summed E-state index contributed by atoms with van der Waals surface area (Å²) in [5.74, 6) is -0.0821. The number of ether oxygens (including phenoxy) is 4. The Balaban J connectivity index is 1.44. The zero-order valence-electron chi connectivity index (χ0n) is 25.8. The van der Waals surface area contributed by atoms with Crippen LogP contribution in [0.5, 0.6) is 23.1 Å². The van der Waals surface area contributed by atoms with Crippen molar-refractivity contribution in [3.05, 3.63) is 90.8 Å². The lowest BCUT2D eigenvalue weighted by Crippen LogP contribution is -2.33. The first kappa shape index (κ1) is 33.5. The Kier molecular flexibility index (Phi) is 11.0. The van der Waals surface area contributed by atoms with E-state index < -0.39 is 22.0 Å². The highest BCUT2D eigenvalue weighted by molar-refractivity contribution is 7.92. The molecule has 3 N–H and O–H groups in total. The summed E-state index contributed by atoms with van der Waals surface area (Å²) in [5, 5.41) is 4.99. The van der Waals surface area contributed by atoms with Crippen molar-refractivity contribution in [3.8, 4) is 23.1 Å². The number of alkyl carbamates (subject to hydrolysis) is 1. The van der Waals surface area contributed by atoms with Crippen LogP contribution >= 0.6 is 0 Å². The summed E-state index contributed by atoms with van der Waals surface area (Å²) in [6.07, 6.45) is 0.265. The van der Waals surface area contributed by atoms with Crippen LogP contribution in [0.4, 0.5) is 16.3 Å². The Bertz CT molecular complexity index is 1740. The third-order valence-corrected chi connectivity index (χ3v) is 7.65. The molecule has 1 heterocycles. The molecule has 1 aromatic heterocycles. The number of hydrogen-bond acceptors (Lipinski definition) is 10. The Morgan fingerprint density at radius 2 is 1.59 bits per heavy atom. The molecule has 0 aliphatic heterocycles. The van der Waals surface area contributed by atoms with Crippen molar-refractivity contribution in [2.24, 2.45) is 0 Å². The molecule has 46 heavy (non-hydrogen) atoms. The summed E-state index contributed by atoms with van der Waals surface area (Å²) in [4.78, 5) is 32.4. The number of carbonyl (C=O) groups excluding carboxylic acids is 2. The molecule has 0 unspecified atom stereocenters. The van der Waals surface area contributed by atoms with Crippen LogP contribution in [-0.2, 0) is 25.0 Å². The third-order valence-electron chi connectivity index (χ3n) is 6.30. The number of sulfonamides is 1. The third kappa shape index (κ3) is 9.56. The van der Waals surface area contributed by atoms with Crippen LogP contribution in [0, 0.1) is 0 Å². The number of para-hydroxylation sites is 1. The van der Waals surface area contributed by atoms with Crippen molar-refractivity contribution in [2.75, 3.05) is 36.9 Å². The van der Waals surface area contributed by atoms with Crippen molar-refractivity contribution < 1.29 is 37.0 Å². The minimum atomic E-state index is -4.10. The van der Waals surface area contributed by atoms with E-state index >= 15 is 0 Å². The molecule has 0 saturated carbocycles. The maximum Gasteiger partial charge on any atom is 0.407 e. The number of nitrogens with zero attached hydrogens (tertiary/aromatic N) is 2. The van der Waals surface area contributed by atoms with Gasteiger partial charge in [0.25, 0.3) is 15.9 Å². The molecule has 0 saturated heterocycles. The molecule has 4 rings (SSSR count). The molecule has 14 heteroatoms. The second kappa shape index (κ2) is 15.1. The molecular weight excluding hydrogens is 614 g/mol. The van der Waals surface area contributed by atoms with Crippen molar-refractivity contribution in [1.29, 1.82) is 0 Å². The summed E-state index contributed by atoms with van der Waals surface area (Å²) < 4.78 is 51.2. The highest BCUT2D eigenvalue weighted by atomic mass is 32.2. The van der Waals surface area contributed by atoms with Crippen LogP contribution < -0.4 is 29.6 Å². The number of hydrogen-bond donors (Lipinski definition) is 3. The van der Waals surface area contributed by atoms with Crippen LogP contribution in [0.3, 0.4) is 0 Å². The molecule has 0 radical (unpaired) electrons. The number of carbonyl (C=O) groups is 2. The van der Waals surface area contributed by atoms with E-state index in [0.29, 0.717) is 17.2 Å². The van der Waals surface area contributed by atoms with Crippen LogP contribution in [0.25, 0.3) is 0 Å². The molecule has 3 aromatic carbocycles. The Hall–Kier alpha value is -5.37. The number of nitrogens with one attached hydrogen (secondary N) is 3. The van der Waals surface area contributed by atoms with E-state index in [0.717, 1.165) is 11.9 Å². The first-order valence-electron chi connectivity index (χ1n) is 14.1. The Morgan fingerprint density at radius 1 is 0.870 bits per heavy atom. The molecule has 0 aliphatic carbocycles. The summed E-state index contributed by atoms with van der Waals surface area (Å²) in [7, 11) is -2.60. The summed E-state index contributed by atoms with van der Waals surface area (Å²) in [6.45, 7) is 5.38. The van der Waals surface area contributed by atoms with E-state index in [9.17, 15) is 18.0 Å². The monoisotopic (exact) mass is 649 g/mol. The second-order valence-electron chi connectivity index (χ2n) is 10.8. The van der Waals surface area contributed by atoms with Crippen molar-refractivity contribution in [1.82, 2.24) is 15.3 Å². The van der Waals surface area contributed by atoms with Gasteiger partial charge in [-0.05, 0) is 47.4 Å². The van der Waals surface area contributed by atoms with E-state index in [1.807, 2.05) is 26.8 Å². The Labute approximate surface area is 267 Å². The molecule has 0 spiro atoms. The molecule has 0 fully saturated rings. The minimum absolute atomic E-state index is 0.0192. The van der Waals surface area contributed by atoms with Crippen LogP contribution in [0.1, 0.15) is 26.3 Å². The standard InChI is InChI=1S/C32H35N5O8S/c1-32(2,3)22-13-15-26(16-14-22)46(40,41)37-29-28(45-25-12-8-11-24(19-25)42-4)30(35-21-34-29)43-17-18-44-31(39)33-20-27(38)36-23-9-6-5-7-10-23/h5-16,19,21H,17-18,20H2,1-4H3,(H,33,39)(H,36,38)(H,34,35,37). The first-order chi connectivity index (χ1) is 21.9. The van der Waals surface area contributed by atoms with E-state index in [4.69, 9.17) is 18.9 Å². The Morgan fingerprint density at radius 3 is 2.28 bits per heavy atom. The molecule has 242 valence electrons. The SMILES string of the molecule is COc1cccc(Oc2c(NS(=O)(=O)c3ccc(C(C)(C)C)cc3)ncnc2OCCOC(=O)NCC(=O)Nc2ccccc2)c1. The number of amides is 2. The van der Waals surface area contributed by atoms with Crippen LogP contribution in [-0.4, -0.2) is 57.3 Å². The number of methoxy groups -OCH3 is 1. The van der Waals surface area contributed by atoms with E-state index in [2.05, 4.69) is 25.3 Å². The van der Waals surface area contributed by atoms with Crippen LogP contribution in [0.2, 0.25) is 0 Å².